The smallest absolute Gasteiger partial charge is 0.407 e. The van der Waals surface area contributed by atoms with Crippen molar-refractivity contribution in [2.75, 3.05) is 13.2 Å². The minimum atomic E-state index is -1.05. The average Bonchev–Trinajstić information content (AvgIpc) is 3.38. The molecule has 30 heavy (non-hydrogen) atoms. The fraction of sp³-hybridized carbons (Fsp3) is 0.417. The largest absolute Gasteiger partial charge is 0.480 e. The maximum Gasteiger partial charge on any atom is 0.407 e. The van der Waals surface area contributed by atoms with Crippen LogP contribution in [0.15, 0.2) is 48.5 Å². The van der Waals surface area contributed by atoms with Crippen molar-refractivity contribution in [3.05, 3.63) is 59.7 Å². The predicted molar refractivity (Wildman–Crippen MR) is 112 cm³/mol. The van der Waals surface area contributed by atoms with E-state index in [0.717, 1.165) is 48.1 Å². The van der Waals surface area contributed by atoms with Crippen LogP contribution in [0, 0.1) is 0 Å². The SMILES string of the molecule is O=C(NC(CCCC1CCCO1)C(=O)O)OCC1c2ccccc2-c2ccccc21. The molecule has 2 unspecified atom stereocenters. The van der Waals surface area contributed by atoms with Gasteiger partial charge in [0.05, 0.1) is 6.10 Å². The monoisotopic (exact) mass is 409 g/mol. The lowest BCUT2D eigenvalue weighted by Gasteiger charge is -2.18. The molecule has 2 aromatic carbocycles. The van der Waals surface area contributed by atoms with Gasteiger partial charge in [-0.25, -0.2) is 9.59 Å². The Morgan fingerprint density at radius 1 is 1.10 bits per heavy atom. The Balaban J connectivity index is 1.33. The normalized spacial score (nSPS) is 18.5. The van der Waals surface area contributed by atoms with E-state index in [1.54, 1.807) is 0 Å². The Labute approximate surface area is 176 Å². The summed E-state index contributed by atoms with van der Waals surface area (Å²) in [5, 5.41) is 12.0. The summed E-state index contributed by atoms with van der Waals surface area (Å²) in [7, 11) is 0. The van der Waals surface area contributed by atoms with Gasteiger partial charge in [0, 0.05) is 12.5 Å². The highest BCUT2D eigenvalue weighted by molar-refractivity contribution is 5.81. The molecule has 0 bridgehead atoms. The van der Waals surface area contributed by atoms with E-state index in [9.17, 15) is 14.7 Å². The van der Waals surface area contributed by atoms with Crippen LogP contribution in [0.5, 0.6) is 0 Å². The molecule has 6 nitrogen and oxygen atoms in total. The van der Waals surface area contributed by atoms with Crippen LogP contribution in [0.1, 0.15) is 49.1 Å². The number of carboxylic acids is 1. The van der Waals surface area contributed by atoms with E-state index in [0.29, 0.717) is 12.8 Å². The first-order chi connectivity index (χ1) is 14.6. The van der Waals surface area contributed by atoms with Gasteiger partial charge in [-0.3, -0.25) is 0 Å². The lowest BCUT2D eigenvalue weighted by molar-refractivity contribution is -0.139. The number of rotatable bonds is 8. The molecule has 1 aliphatic carbocycles. The molecule has 158 valence electrons. The van der Waals surface area contributed by atoms with Crippen LogP contribution in [0.25, 0.3) is 11.1 Å². The minimum Gasteiger partial charge on any atom is -0.480 e. The molecule has 1 fully saturated rings. The van der Waals surface area contributed by atoms with Gasteiger partial charge >= 0.3 is 12.1 Å². The third kappa shape index (κ3) is 4.49. The Morgan fingerprint density at radius 3 is 2.37 bits per heavy atom. The van der Waals surface area contributed by atoms with Crippen molar-refractivity contribution < 1.29 is 24.2 Å². The number of ether oxygens (including phenoxy) is 2. The number of fused-ring (bicyclic) bond motifs is 3. The van der Waals surface area contributed by atoms with E-state index in [1.165, 1.54) is 0 Å². The van der Waals surface area contributed by atoms with Crippen LogP contribution in [0.3, 0.4) is 0 Å². The van der Waals surface area contributed by atoms with Gasteiger partial charge in [0.2, 0.25) is 0 Å². The molecular formula is C24H27NO5. The molecule has 2 atom stereocenters. The Hall–Kier alpha value is -2.86. The maximum absolute atomic E-state index is 12.3. The zero-order valence-corrected chi connectivity index (χ0v) is 16.9. The molecule has 1 amide bonds. The zero-order valence-electron chi connectivity index (χ0n) is 16.9. The van der Waals surface area contributed by atoms with Crippen LogP contribution in [-0.4, -0.2) is 42.5 Å². The van der Waals surface area contributed by atoms with E-state index in [2.05, 4.69) is 17.4 Å². The molecule has 1 heterocycles. The molecule has 1 saturated heterocycles. The van der Waals surface area contributed by atoms with Crippen molar-refractivity contribution in [3.63, 3.8) is 0 Å². The summed E-state index contributed by atoms with van der Waals surface area (Å²) in [5.74, 6) is -1.10. The summed E-state index contributed by atoms with van der Waals surface area (Å²) in [6, 6.07) is 15.2. The second kappa shape index (κ2) is 9.30. The number of nitrogens with one attached hydrogen (secondary N) is 1. The number of carbonyl (C=O) groups is 2. The number of aliphatic carboxylic acids is 1. The van der Waals surface area contributed by atoms with E-state index in [1.807, 2.05) is 36.4 Å². The predicted octanol–water partition coefficient (Wildman–Crippen LogP) is 4.33. The van der Waals surface area contributed by atoms with Crippen LogP contribution in [-0.2, 0) is 14.3 Å². The molecule has 0 spiro atoms. The van der Waals surface area contributed by atoms with Gasteiger partial charge in [-0.05, 0) is 54.4 Å². The van der Waals surface area contributed by atoms with Gasteiger partial charge in [0.15, 0.2) is 0 Å². The molecule has 6 heteroatoms. The van der Waals surface area contributed by atoms with Crippen LogP contribution in [0.2, 0.25) is 0 Å². The quantitative estimate of drug-likeness (QED) is 0.678. The van der Waals surface area contributed by atoms with Crippen molar-refractivity contribution in [2.24, 2.45) is 0 Å². The number of carboxylic acid groups (broad SMARTS) is 1. The first-order valence-electron chi connectivity index (χ1n) is 10.6. The number of hydrogen-bond donors (Lipinski definition) is 2. The summed E-state index contributed by atoms with van der Waals surface area (Å²) in [5.41, 5.74) is 4.55. The van der Waals surface area contributed by atoms with E-state index < -0.39 is 18.1 Å². The average molecular weight is 409 g/mol. The highest BCUT2D eigenvalue weighted by atomic mass is 16.5. The molecule has 0 radical (unpaired) electrons. The van der Waals surface area contributed by atoms with Crippen molar-refractivity contribution >= 4 is 12.1 Å². The third-order valence-corrected chi connectivity index (χ3v) is 5.98. The van der Waals surface area contributed by atoms with Crippen LogP contribution >= 0.6 is 0 Å². The number of hydrogen-bond acceptors (Lipinski definition) is 4. The van der Waals surface area contributed by atoms with Crippen molar-refractivity contribution in [3.8, 4) is 11.1 Å². The molecule has 2 N–H and O–H groups in total. The molecule has 2 aliphatic rings. The number of alkyl carbamates (subject to hydrolysis) is 1. The molecular weight excluding hydrogens is 382 g/mol. The van der Waals surface area contributed by atoms with Gasteiger partial charge in [-0.15, -0.1) is 0 Å². The number of carbonyl (C=O) groups excluding carboxylic acids is 1. The summed E-state index contributed by atoms with van der Waals surface area (Å²) < 4.78 is 11.0. The summed E-state index contributed by atoms with van der Waals surface area (Å²) in [4.78, 5) is 23.9. The first-order valence-corrected chi connectivity index (χ1v) is 10.6. The zero-order chi connectivity index (χ0) is 20.9. The molecule has 2 aromatic rings. The molecule has 0 aromatic heterocycles. The van der Waals surface area contributed by atoms with Gasteiger partial charge in [-0.2, -0.15) is 0 Å². The lowest BCUT2D eigenvalue weighted by atomic mass is 9.98. The van der Waals surface area contributed by atoms with Crippen molar-refractivity contribution in [1.29, 1.82) is 0 Å². The Bertz CT molecular complexity index is 860. The highest BCUT2D eigenvalue weighted by Gasteiger charge is 2.29. The lowest BCUT2D eigenvalue weighted by Crippen LogP contribution is -2.41. The van der Waals surface area contributed by atoms with Gasteiger partial charge in [0.1, 0.15) is 12.6 Å². The van der Waals surface area contributed by atoms with E-state index in [4.69, 9.17) is 9.47 Å². The van der Waals surface area contributed by atoms with Crippen LogP contribution in [0.4, 0.5) is 4.79 Å². The summed E-state index contributed by atoms with van der Waals surface area (Å²) in [6.45, 7) is 0.952. The van der Waals surface area contributed by atoms with Gasteiger partial charge in [0.25, 0.3) is 0 Å². The first kappa shape index (κ1) is 20.4. The van der Waals surface area contributed by atoms with Crippen molar-refractivity contribution in [2.45, 2.75) is 50.2 Å². The van der Waals surface area contributed by atoms with Crippen LogP contribution < -0.4 is 5.32 Å². The molecule has 1 aliphatic heterocycles. The second-order valence-corrected chi connectivity index (χ2v) is 7.93. The van der Waals surface area contributed by atoms with E-state index >= 15 is 0 Å². The number of benzene rings is 2. The fourth-order valence-corrected chi connectivity index (χ4v) is 4.46. The molecule has 4 rings (SSSR count). The second-order valence-electron chi connectivity index (χ2n) is 7.93. The third-order valence-electron chi connectivity index (χ3n) is 5.98. The van der Waals surface area contributed by atoms with Crippen molar-refractivity contribution in [1.82, 2.24) is 5.32 Å². The highest BCUT2D eigenvalue weighted by Crippen LogP contribution is 2.44. The topological polar surface area (TPSA) is 84.9 Å². The van der Waals surface area contributed by atoms with E-state index in [-0.39, 0.29) is 18.6 Å². The standard InChI is InChI=1S/C24H27NO5/c26-23(27)22(13-5-7-16-8-6-14-29-16)25-24(28)30-15-21-19-11-3-1-9-17(19)18-10-2-4-12-20(18)21/h1-4,9-12,16,21-22H,5-8,13-15H2,(H,25,28)(H,26,27). The minimum absolute atomic E-state index is 0.0501. The van der Waals surface area contributed by atoms with Gasteiger partial charge < -0.3 is 19.9 Å². The summed E-state index contributed by atoms with van der Waals surface area (Å²) >= 11 is 0. The summed E-state index contributed by atoms with van der Waals surface area (Å²) in [6.07, 6.45) is 3.47. The maximum atomic E-state index is 12.3. The molecule has 0 saturated carbocycles. The van der Waals surface area contributed by atoms with Gasteiger partial charge in [-0.1, -0.05) is 48.5 Å². The fourth-order valence-electron chi connectivity index (χ4n) is 4.46. The Morgan fingerprint density at radius 2 is 1.77 bits per heavy atom. The Kier molecular flexibility index (Phi) is 6.33. The number of amides is 1.